The molecule has 0 saturated heterocycles. The number of hydrogen-bond acceptors (Lipinski definition) is 1. The molecule has 0 spiro atoms. The predicted octanol–water partition coefficient (Wildman–Crippen LogP) is 2.26. The van der Waals surface area contributed by atoms with Crippen LogP contribution >= 0.6 is 0 Å². The van der Waals surface area contributed by atoms with Crippen LogP contribution in [0.15, 0.2) is 24.3 Å². The smallest absolute Gasteiger partial charge is 0.146 e. The van der Waals surface area contributed by atoms with Crippen LogP contribution in [0.3, 0.4) is 0 Å². The minimum atomic E-state index is -0.174. The highest BCUT2D eigenvalue weighted by atomic mass is 19.1. The largest absolute Gasteiger partial charge is 0.379 e. The van der Waals surface area contributed by atoms with E-state index in [4.69, 9.17) is 0 Å². The number of halogens is 1. The van der Waals surface area contributed by atoms with Gasteiger partial charge in [0.1, 0.15) is 5.82 Å². The Bertz CT molecular complexity index is 304. The lowest BCUT2D eigenvalue weighted by atomic mass is 10.1. The molecule has 0 amide bonds. The van der Waals surface area contributed by atoms with Crippen molar-refractivity contribution in [1.82, 2.24) is 0 Å². The van der Waals surface area contributed by atoms with Gasteiger partial charge in [-0.25, -0.2) is 4.39 Å². The van der Waals surface area contributed by atoms with Gasteiger partial charge in [-0.1, -0.05) is 24.3 Å². The lowest BCUT2D eigenvalue weighted by Gasteiger charge is -2.12. The van der Waals surface area contributed by atoms with Crippen molar-refractivity contribution >= 4 is 11.8 Å². The fourth-order valence-electron chi connectivity index (χ4n) is 1.21. The fraction of sp³-hybridized carbons (Fsp3) is 0.111. The maximum absolute atomic E-state index is 13.0. The molecule has 1 aliphatic rings. The zero-order valence-corrected chi connectivity index (χ0v) is 5.97. The van der Waals surface area contributed by atoms with Crippen LogP contribution in [0.4, 0.5) is 10.1 Å². The Kier molecular flexibility index (Phi) is 1.39. The minimum Gasteiger partial charge on any atom is -0.379 e. The summed E-state index contributed by atoms with van der Waals surface area (Å²) in [6, 6.07) is 5.07. The number of anilines is 1. The molecule has 1 aromatic carbocycles. The van der Waals surface area contributed by atoms with Gasteiger partial charge in [0, 0.05) is 12.1 Å². The summed E-state index contributed by atoms with van der Waals surface area (Å²) >= 11 is 0. The second-order valence-corrected chi connectivity index (χ2v) is 2.49. The van der Waals surface area contributed by atoms with Crippen molar-refractivity contribution in [2.75, 3.05) is 11.9 Å². The molecular formula is C9H8FN. The summed E-state index contributed by atoms with van der Waals surface area (Å²) in [6.07, 6.45) is 3.90. The number of rotatable bonds is 0. The summed E-state index contributed by atoms with van der Waals surface area (Å²) in [4.78, 5) is 0. The maximum Gasteiger partial charge on any atom is 0.146 e. The number of benzene rings is 1. The van der Waals surface area contributed by atoms with Gasteiger partial charge < -0.3 is 5.32 Å². The maximum atomic E-state index is 13.0. The van der Waals surface area contributed by atoms with E-state index in [0.717, 1.165) is 5.56 Å². The van der Waals surface area contributed by atoms with Gasteiger partial charge in [0.05, 0.1) is 5.69 Å². The van der Waals surface area contributed by atoms with Crippen molar-refractivity contribution in [3.8, 4) is 0 Å². The number of para-hydroxylation sites is 1. The molecule has 2 heteroatoms. The first-order chi connectivity index (χ1) is 5.38. The monoisotopic (exact) mass is 149 g/mol. The number of nitrogens with one attached hydrogen (secondary N) is 1. The van der Waals surface area contributed by atoms with Crippen molar-refractivity contribution in [2.24, 2.45) is 0 Å². The van der Waals surface area contributed by atoms with Gasteiger partial charge in [-0.3, -0.25) is 0 Å². The number of hydrogen-bond donors (Lipinski definition) is 1. The van der Waals surface area contributed by atoms with E-state index >= 15 is 0 Å². The molecule has 1 heterocycles. The van der Waals surface area contributed by atoms with Crippen molar-refractivity contribution in [3.63, 3.8) is 0 Å². The first-order valence-electron chi connectivity index (χ1n) is 3.57. The van der Waals surface area contributed by atoms with E-state index in [1.807, 2.05) is 18.2 Å². The van der Waals surface area contributed by atoms with E-state index in [0.29, 0.717) is 12.2 Å². The van der Waals surface area contributed by atoms with Gasteiger partial charge in [-0.15, -0.1) is 0 Å². The van der Waals surface area contributed by atoms with E-state index in [1.54, 1.807) is 6.07 Å². The van der Waals surface area contributed by atoms with Gasteiger partial charge in [-0.05, 0) is 6.07 Å². The van der Waals surface area contributed by atoms with Gasteiger partial charge in [-0.2, -0.15) is 0 Å². The van der Waals surface area contributed by atoms with Gasteiger partial charge >= 0.3 is 0 Å². The van der Waals surface area contributed by atoms with Crippen molar-refractivity contribution in [2.45, 2.75) is 0 Å². The third kappa shape index (κ3) is 1.00. The van der Waals surface area contributed by atoms with Crippen LogP contribution in [0.25, 0.3) is 6.08 Å². The van der Waals surface area contributed by atoms with Crippen molar-refractivity contribution < 1.29 is 4.39 Å². The minimum absolute atomic E-state index is 0.174. The highest BCUT2D eigenvalue weighted by Gasteiger charge is 2.06. The predicted molar refractivity (Wildman–Crippen MR) is 43.9 cm³/mol. The van der Waals surface area contributed by atoms with E-state index in [1.165, 1.54) is 6.07 Å². The average molecular weight is 149 g/mol. The molecule has 1 aromatic rings. The Balaban J connectivity index is 2.60. The van der Waals surface area contributed by atoms with Gasteiger partial charge in [0.15, 0.2) is 0 Å². The van der Waals surface area contributed by atoms with Crippen LogP contribution in [-0.4, -0.2) is 6.54 Å². The standard InChI is InChI=1S/C9H8FN/c10-8-5-1-3-7-4-2-6-11-9(7)8/h1-5,11H,6H2. The van der Waals surface area contributed by atoms with E-state index < -0.39 is 0 Å². The summed E-state index contributed by atoms with van der Waals surface area (Å²) in [5, 5.41) is 2.97. The van der Waals surface area contributed by atoms with Gasteiger partial charge in [0.2, 0.25) is 0 Å². The Morgan fingerprint density at radius 2 is 2.27 bits per heavy atom. The molecule has 0 aliphatic carbocycles. The molecule has 1 nitrogen and oxygen atoms in total. The first kappa shape index (κ1) is 6.40. The van der Waals surface area contributed by atoms with Crippen molar-refractivity contribution in [1.29, 1.82) is 0 Å². The SMILES string of the molecule is Fc1cccc2c1NCC=C2. The molecular weight excluding hydrogens is 141 g/mol. The van der Waals surface area contributed by atoms with E-state index in [9.17, 15) is 4.39 Å². The van der Waals surface area contributed by atoms with Crippen LogP contribution in [-0.2, 0) is 0 Å². The molecule has 11 heavy (non-hydrogen) atoms. The zero-order chi connectivity index (χ0) is 7.68. The summed E-state index contributed by atoms with van der Waals surface area (Å²) in [5.74, 6) is -0.174. The molecule has 56 valence electrons. The topological polar surface area (TPSA) is 12.0 Å². The first-order valence-corrected chi connectivity index (χ1v) is 3.57. The van der Waals surface area contributed by atoms with Crippen LogP contribution in [0.5, 0.6) is 0 Å². The van der Waals surface area contributed by atoms with Gasteiger partial charge in [0.25, 0.3) is 0 Å². The molecule has 0 radical (unpaired) electrons. The van der Waals surface area contributed by atoms with Crippen LogP contribution < -0.4 is 5.32 Å². The summed E-state index contributed by atoms with van der Waals surface area (Å²) in [7, 11) is 0. The average Bonchev–Trinajstić information content (AvgIpc) is 2.06. The highest BCUT2D eigenvalue weighted by Crippen LogP contribution is 2.23. The molecule has 0 saturated carbocycles. The Hall–Kier alpha value is -1.31. The second-order valence-electron chi connectivity index (χ2n) is 2.49. The molecule has 0 aromatic heterocycles. The normalized spacial score (nSPS) is 13.9. The third-order valence-corrected chi connectivity index (χ3v) is 1.74. The van der Waals surface area contributed by atoms with Crippen molar-refractivity contribution in [3.05, 3.63) is 35.7 Å². The molecule has 1 aliphatic heterocycles. The molecule has 0 fully saturated rings. The molecule has 2 rings (SSSR count). The lowest BCUT2D eigenvalue weighted by molar-refractivity contribution is 0.630. The zero-order valence-electron chi connectivity index (χ0n) is 5.97. The molecule has 0 bridgehead atoms. The Morgan fingerprint density at radius 1 is 1.36 bits per heavy atom. The van der Waals surface area contributed by atoms with E-state index in [-0.39, 0.29) is 5.82 Å². The summed E-state index contributed by atoms with van der Waals surface area (Å²) in [6.45, 7) is 0.716. The van der Waals surface area contributed by atoms with E-state index in [2.05, 4.69) is 5.32 Å². The van der Waals surface area contributed by atoms with Crippen LogP contribution in [0.1, 0.15) is 5.56 Å². The second kappa shape index (κ2) is 2.38. The molecule has 1 N–H and O–H groups in total. The quantitative estimate of drug-likeness (QED) is 0.596. The molecule has 0 atom stereocenters. The molecule has 0 unspecified atom stereocenters. The Morgan fingerprint density at radius 3 is 3.09 bits per heavy atom. The van der Waals surface area contributed by atoms with Crippen LogP contribution in [0, 0.1) is 5.82 Å². The summed E-state index contributed by atoms with van der Waals surface area (Å²) < 4.78 is 13.0. The van der Waals surface area contributed by atoms with Crippen LogP contribution in [0.2, 0.25) is 0 Å². The fourth-order valence-corrected chi connectivity index (χ4v) is 1.21. The Labute approximate surface area is 64.5 Å². The number of fused-ring (bicyclic) bond motifs is 1. The lowest BCUT2D eigenvalue weighted by Crippen LogP contribution is -2.05. The third-order valence-electron chi connectivity index (χ3n) is 1.74. The summed E-state index contributed by atoms with van der Waals surface area (Å²) in [5.41, 5.74) is 1.55. The highest BCUT2D eigenvalue weighted by molar-refractivity contribution is 5.70.